The molecule has 2 rings (SSSR count). The van der Waals surface area contributed by atoms with Crippen molar-refractivity contribution in [2.24, 2.45) is 7.05 Å². The molecule has 0 bridgehead atoms. The lowest BCUT2D eigenvalue weighted by atomic mass is 10.1. The van der Waals surface area contributed by atoms with E-state index in [4.69, 9.17) is 4.74 Å². The molecule has 1 aromatic heterocycles. The first kappa shape index (κ1) is 12.1. The maximum atomic E-state index is 11.2. The zero-order chi connectivity index (χ0) is 12.6. The quantitative estimate of drug-likeness (QED) is 0.740. The van der Waals surface area contributed by atoms with Gasteiger partial charge < -0.3 is 9.64 Å². The van der Waals surface area contributed by atoms with Crippen LogP contribution in [0.1, 0.15) is 29.4 Å². The lowest BCUT2D eigenvalue weighted by Gasteiger charge is -2.28. The van der Waals surface area contributed by atoms with Gasteiger partial charge in [0.1, 0.15) is 5.82 Å². The first-order valence-corrected chi connectivity index (χ1v) is 5.89. The molecule has 1 aliphatic heterocycles. The summed E-state index contributed by atoms with van der Waals surface area (Å²) in [5.74, 6) is 0.875. The Labute approximate surface area is 101 Å². The molecule has 0 spiro atoms. The number of aryl methyl sites for hydroxylation is 2. The van der Waals surface area contributed by atoms with E-state index in [0.29, 0.717) is 11.6 Å². The Morgan fingerprint density at radius 2 is 2.29 bits per heavy atom. The third kappa shape index (κ3) is 1.95. The van der Waals surface area contributed by atoms with Crippen molar-refractivity contribution < 1.29 is 9.53 Å². The number of anilines is 1. The summed E-state index contributed by atoms with van der Waals surface area (Å²) in [5, 5.41) is 4.30. The highest BCUT2D eigenvalue weighted by Crippen LogP contribution is 2.27. The fourth-order valence-corrected chi connectivity index (χ4v) is 2.60. The molecule has 2 unspecified atom stereocenters. The molecule has 94 valence electrons. The minimum absolute atomic E-state index is 0.190. The highest BCUT2D eigenvalue weighted by atomic mass is 16.5. The van der Waals surface area contributed by atoms with Crippen molar-refractivity contribution >= 4 is 12.1 Å². The van der Waals surface area contributed by atoms with E-state index in [1.807, 2.05) is 21.0 Å². The van der Waals surface area contributed by atoms with Gasteiger partial charge in [-0.15, -0.1) is 0 Å². The van der Waals surface area contributed by atoms with E-state index in [9.17, 15) is 4.79 Å². The highest BCUT2D eigenvalue weighted by Gasteiger charge is 2.31. The zero-order valence-corrected chi connectivity index (χ0v) is 10.8. The third-order valence-corrected chi connectivity index (χ3v) is 3.52. The predicted octanol–water partition coefficient (Wildman–Crippen LogP) is 1.15. The van der Waals surface area contributed by atoms with E-state index in [0.717, 1.165) is 30.8 Å². The van der Waals surface area contributed by atoms with Crippen LogP contribution in [0.4, 0.5) is 5.82 Å². The molecule has 0 N–H and O–H groups in total. The minimum Gasteiger partial charge on any atom is -0.376 e. The number of aldehydes is 1. The maximum Gasteiger partial charge on any atom is 0.155 e. The molecule has 1 fully saturated rings. The van der Waals surface area contributed by atoms with E-state index in [1.165, 1.54) is 0 Å². The van der Waals surface area contributed by atoms with Crippen LogP contribution in [0.2, 0.25) is 0 Å². The van der Waals surface area contributed by atoms with Crippen LogP contribution in [0.3, 0.4) is 0 Å². The molecular weight excluding hydrogens is 218 g/mol. The van der Waals surface area contributed by atoms with Crippen LogP contribution in [0.5, 0.6) is 0 Å². The van der Waals surface area contributed by atoms with Crippen molar-refractivity contribution in [3.8, 4) is 0 Å². The van der Waals surface area contributed by atoms with Crippen molar-refractivity contribution in [1.29, 1.82) is 0 Å². The van der Waals surface area contributed by atoms with Gasteiger partial charge in [0.15, 0.2) is 6.29 Å². The van der Waals surface area contributed by atoms with Gasteiger partial charge in [0.2, 0.25) is 0 Å². The zero-order valence-electron chi connectivity index (χ0n) is 10.8. The maximum absolute atomic E-state index is 11.2. The van der Waals surface area contributed by atoms with Gasteiger partial charge >= 0.3 is 0 Å². The van der Waals surface area contributed by atoms with Gasteiger partial charge in [0.25, 0.3) is 0 Å². The molecule has 0 amide bonds. The smallest absolute Gasteiger partial charge is 0.155 e. The first-order chi connectivity index (χ1) is 8.06. The summed E-state index contributed by atoms with van der Waals surface area (Å²) in [6.07, 6.45) is 2.06. The number of hydrogen-bond acceptors (Lipinski definition) is 4. The Balaban J connectivity index is 2.36. The summed E-state index contributed by atoms with van der Waals surface area (Å²) in [4.78, 5) is 13.3. The van der Waals surface area contributed by atoms with Crippen LogP contribution in [0.25, 0.3) is 0 Å². The van der Waals surface area contributed by atoms with Crippen molar-refractivity contribution in [1.82, 2.24) is 9.78 Å². The Kier molecular flexibility index (Phi) is 3.19. The molecule has 2 heterocycles. The lowest BCUT2D eigenvalue weighted by Crippen LogP contribution is -2.38. The molecule has 17 heavy (non-hydrogen) atoms. The van der Waals surface area contributed by atoms with E-state index in [2.05, 4.69) is 16.9 Å². The van der Waals surface area contributed by atoms with E-state index in [1.54, 1.807) is 4.68 Å². The Hall–Kier alpha value is -1.36. The lowest BCUT2D eigenvalue weighted by molar-refractivity contribution is 0.112. The number of hydrogen-bond donors (Lipinski definition) is 0. The van der Waals surface area contributed by atoms with Crippen LogP contribution in [-0.4, -0.2) is 41.9 Å². The molecule has 5 nitrogen and oxygen atoms in total. The van der Waals surface area contributed by atoms with Gasteiger partial charge in [-0.25, -0.2) is 0 Å². The molecule has 0 radical (unpaired) electrons. The second-order valence-corrected chi connectivity index (χ2v) is 4.61. The fraction of sp³-hybridized carbons (Fsp3) is 0.667. The van der Waals surface area contributed by atoms with Gasteiger partial charge in [-0.2, -0.15) is 5.10 Å². The molecule has 0 aromatic carbocycles. The Morgan fingerprint density at radius 3 is 2.82 bits per heavy atom. The van der Waals surface area contributed by atoms with Crippen LogP contribution in [-0.2, 0) is 11.8 Å². The summed E-state index contributed by atoms with van der Waals surface area (Å²) in [7, 11) is 3.87. The third-order valence-electron chi connectivity index (χ3n) is 3.52. The second-order valence-electron chi connectivity index (χ2n) is 4.61. The summed E-state index contributed by atoms with van der Waals surface area (Å²) >= 11 is 0. The molecule has 1 aromatic rings. The van der Waals surface area contributed by atoms with Crippen LogP contribution < -0.4 is 4.90 Å². The molecule has 5 heteroatoms. The molecule has 0 aliphatic carbocycles. The fourth-order valence-electron chi connectivity index (χ4n) is 2.60. The van der Waals surface area contributed by atoms with Crippen molar-refractivity contribution in [2.45, 2.75) is 32.4 Å². The molecule has 1 aliphatic rings. The molecule has 1 saturated heterocycles. The highest BCUT2D eigenvalue weighted by molar-refractivity contribution is 5.84. The summed E-state index contributed by atoms with van der Waals surface area (Å²) in [6, 6.07) is 0.309. The van der Waals surface area contributed by atoms with Crippen molar-refractivity contribution in [3.63, 3.8) is 0 Å². The van der Waals surface area contributed by atoms with Gasteiger partial charge in [-0.05, 0) is 20.3 Å². The van der Waals surface area contributed by atoms with Gasteiger partial charge in [-0.3, -0.25) is 9.48 Å². The van der Waals surface area contributed by atoms with Crippen LogP contribution in [0.15, 0.2) is 0 Å². The molecule has 2 atom stereocenters. The molecular formula is C12H19N3O2. The number of carbonyl (C=O) groups excluding carboxylic acids is 1. The van der Waals surface area contributed by atoms with Crippen molar-refractivity contribution in [2.75, 3.05) is 18.6 Å². The second kappa shape index (κ2) is 4.49. The van der Waals surface area contributed by atoms with Gasteiger partial charge in [-0.1, -0.05) is 0 Å². The average Bonchev–Trinajstić information content (AvgIpc) is 2.81. The number of ether oxygens (including phenoxy) is 1. The topological polar surface area (TPSA) is 47.4 Å². The SMILES string of the molecule is Cc1nn(C)c(N(C)C2CCOC2C)c1C=O. The Morgan fingerprint density at radius 1 is 1.59 bits per heavy atom. The van der Waals surface area contributed by atoms with Gasteiger partial charge in [0, 0.05) is 20.7 Å². The normalized spacial score (nSPS) is 24.0. The van der Waals surface area contributed by atoms with E-state index < -0.39 is 0 Å². The van der Waals surface area contributed by atoms with Gasteiger partial charge in [0.05, 0.1) is 23.4 Å². The van der Waals surface area contributed by atoms with E-state index >= 15 is 0 Å². The number of rotatable bonds is 3. The number of carbonyl (C=O) groups is 1. The number of aromatic nitrogens is 2. The summed E-state index contributed by atoms with van der Waals surface area (Å²) < 4.78 is 7.34. The Bertz CT molecular complexity index is 428. The first-order valence-electron chi connectivity index (χ1n) is 5.89. The number of likely N-dealkylation sites (N-methyl/N-ethyl adjacent to an activating group) is 1. The molecule has 0 saturated carbocycles. The average molecular weight is 237 g/mol. The van der Waals surface area contributed by atoms with Crippen molar-refractivity contribution in [3.05, 3.63) is 11.3 Å². The van der Waals surface area contributed by atoms with Crippen LogP contribution in [0, 0.1) is 6.92 Å². The monoisotopic (exact) mass is 237 g/mol. The largest absolute Gasteiger partial charge is 0.376 e. The standard InChI is InChI=1S/C12H19N3O2/c1-8-10(7-16)12(15(4)13-8)14(3)11-5-6-17-9(11)2/h7,9,11H,5-6H2,1-4H3. The summed E-state index contributed by atoms with van der Waals surface area (Å²) in [6.45, 7) is 4.71. The predicted molar refractivity (Wildman–Crippen MR) is 65.6 cm³/mol. The minimum atomic E-state index is 0.190. The number of nitrogens with zero attached hydrogens (tertiary/aromatic N) is 3. The summed E-state index contributed by atoms with van der Waals surface area (Å²) in [5.41, 5.74) is 1.45. The van der Waals surface area contributed by atoms with E-state index in [-0.39, 0.29) is 6.10 Å². The van der Waals surface area contributed by atoms with Crippen LogP contribution >= 0.6 is 0 Å².